The van der Waals surface area contributed by atoms with Gasteiger partial charge in [0, 0.05) is 6.08 Å². The summed E-state index contributed by atoms with van der Waals surface area (Å²) in [5, 5.41) is 4.44. The van der Waals surface area contributed by atoms with Gasteiger partial charge in [0.25, 0.3) is 5.91 Å². The van der Waals surface area contributed by atoms with E-state index in [1.807, 2.05) is 0 Å². The minimum absolute atomic E-state index is 0.134. The minimum atomic E-state index is -0.543. The summed E-state index contributed by atoms with van der Waals surface area (Å²) in [5.74, 6) is 0.978. The summed E-state index contributed by atoms with van der Waals surface area (Å²) >= 11 is 0. The molecule has 3 amide bonds. The van der Waals surface area contributed by atoms with Crippen molar-refractivity contribution < 1.29 is 9.59 Å². The molecule has 0 radical (unpaired) electrons. The van der Waals surface area contributed by atoms with Gasteiger partial charge in [0.05, 0.1) is 0 Å². The maximum atomic E-state index is 11.2. The van der Waals surface area contributed by atoms with Gasteiger partial charge in [0.15, 0.2) is 5.82 Å². The van der Waals surface area contributed by atoms with Gasteiger partial charge in [-0.15, -0.1) is 0 Å². The normalized spacial score (nSPS) is 17.5. The zero-order valence-electron chi connectivity index (χ0n) is 8.74. The molecule has 2 N–H and O–H groups in total. The fourth-order valence-corrected chi connectivity index (χ4v) is 1.32. The van der Waals surface area contributed by atoms with E-state index >= 15 is 0 Å². The van der Waals surface area contributed by atoms with Crippen LogP contribution in [0.1, 0.15) is 17.5 Å². The first-order chi connectivity index (χ1) is 7.54. The highest BCUT2D eigenvalue weighted by Gasteiger charge is 2.23. The molecule has 7 nitrogen and oxygen atoms in total. The second-order valence-electron chi connectivity index (χ2n) is 3.25. The van der Waals surface area contributed by atoms with E-state index in [-0.39, 0.29) is 5.70 Å². The number of nitrogens with one attached hydrogen (secondary N) is 2. The van der Waals surface area contributed by atoms with Crippen LogP contribution >= 0.6 is 0 Å². The highest BCUT2D eigenvalue weighted by molar-refractivity contribution is 6.13. The Kier molecular flexibility index (Phi) is 2.35. The van der Waals surface area contributed by atoms with Crippen LogP contribution in [0.25, 0.3) is 6.08 Å². The first-order valence-electron chi connectivity index (χ1n) is 4.58. The molecular weight excluding hydrogens is 210 g/mol. The Morgan fingerprint density at radius 3 is 2.12 bits per heavy atom. The fourth-order valence-electron chi connectivity index (χ4n) is 1.32. The quantitative estimate of drug-likeness (QED) is 0.498. The smallest absolute Gasteiger partial charge is 0.303 e. The van der Waals surface area contributed by atoms with Crippen molar-refractivity contribution in [3.63, 3.8) is 0 Å². The van der Waals surface area contributed by atoms with Gasteiger partial charge in [-0.1, -0.05) is 0 Å². The Bertz CT molecular complexity index is 488. The van der Waals surface area contributed by atoms with E-state index in [4.69, 9.17) is 0 Å². The summed E-state index contributed by atoms with van der Waals surface area (Å²) < 4.78 is 0. The lowest BCUT2D eigenvalue weighted by molar-refractivity contribution is -0.115. The second-order valence-corrected chi connectivity index (χ2v) is 3.25. The molecule has 82 valence electrons. The predicted octanol–water partition coefficient (Wildman–Crippen LogP) is -0.331. The Morgan fingerprint density at radius 2 is 1.62 bits per heavy atom. The number of nitrogens with zero attached hydrogens (tertiary/aromatic N) is 3. The molecule has 1 saturated heterocycles. The molecule has 0 spiro atoms. The number of aryl methyl sites for hydroxylation is 2. The third-order valence-electron chi connectivity index (χ3n) is 1.87. The molecule has 0 bridgehead atoms. The van der Waals surface area contributed by atoms with Crippen molar-refractivity contribution in [3.05, 3.63) is 23.2 Å². The number of aromatic nitrogens is 3. The first kappa shape index (κ1) is 10.2. The summed E-state index contributed by atoms with van der Waals surface area (Å²) in [6.45, 7) is 3.45. The Hall–Kier alpha value is -2.31. The van der Waals surface area contributed by atoms with Crippen molar-refractivity contribution >= 4 is 18.0 Å². The van der Waals surface area contributed by atoms with Crippen molar-refractivity contribution in [1.29, 1.82) is 0 Å². The highest BCUT2D eigenvalue weighted by atomic mass is 16.2. The van der Waals surface area contributed by atoms with Gasteiger partial charge in [-0.2, -0.15) is 0 Å². The number of carbonyl (C=O) groups is 2. The number of carbonyl (C=O) groups excluding carboxylic acids is 2. The van der Waals surface area contributed by atoms with Crippen molar-refractivity contribution in [2.45, 2.75) is 13.8 Å². The van der Waals surface area contributed by atoms with Crippen LogP contribution in [0.5, 0.6) is 0 Å². The SMILES string of the molecule is Cc1nc(C)nc(/C=C2\NC(=O)NC2=O)n1. The summed E-state index contributed by atoms with van der Waals surface area (Å²) in [6.07, 6.45) is 1.40. The van der Waals surface area contributed by atoms with Crippen molar-refractivity contribution in [2.24, 2.45) is 0 Å². The largest absolute Gasteiger partial charge is 0.326 e. The van der Waals surface area contributed by atoms with Crippen LogP contribution in [0.15, 0.2) is 5.70 Å². The van der Waals surface area contributed by atoms with Gasteiger partial charge in [-0.05, 0) is 13.8 Å². The molecule has 2 heterocycles. The van der Waals surface area contributed by atoms with Gasteiger partial charge >= 0.3 is 6.03 Å². The number of imide groups is 1. The molecule has 0 atom stereocenters. The molecule has 0 aromatic carbocycles. The number of rotatable bonds is 1. The molecular formula is C9H9N5O2. The van der Waals surface area contributed by atoms with E-state index in [0.717, 1.165) is 0 Å². The number of urea groups is 1. The average Bonchev–Trinajstić information content (AvgIpc) is 2.43. The Labute approximate surface area is 91.0 Å². The monoisotopic (exact) mass is 219 g/mol. The van der Waals surface area contributed by atoms with Crippen LogP contribution in [0, 0.1) is 13.8 Å². The van der Waals surface area contributed by atoms with Gasteiger partial charge in [0.1, 0.15) is 17.3 Å². The van der Waals surface area contributed by atoms with Crippen LogP contribution < -0.4 is 10.6 Å². The van der Waals surface area contributed by atoms with E-state index in [1.54, 1.807) is 13.8 Å². The lowest BCUT2D eigenvalue weighted by Crippen LogP contribution is -2.22. The topological polar surface area (TPSA) is 96.9 Å². The lowest BCUT2D eigenvalue weighted by atomic mass is 10.3. The van der Waals surface area contributed by atoms with Crippen LogP contribution in [0.3, 0.4) is 0 Å². The molecule has 0 aliphatic carbocycles. The molecule has 2 rings (SSSR count). The number of hydrogen-bond acceptors (Lipinski definition) is 5. The van der Waals surface area contributed by atoms with E-state index < -0.39 is 11.9 Å². The van der Waals surface area contributed by atoms with Crippen LogP contribution in [-0.2, 0) is 4.79 Å². The third kappa shape index (κ3) is 2.02. The van der Waals surface area contributed by atoms with E-state index in [0.29, 0.717) is 17.5 Å². The highest BCUT2D eigenvalue weighted by Crippen LogP contribution is 2.04. The average molecular weight is 219 g/mol. The molecule has 16 heavy (non-hydrogen) atoms. The molecule has 1 aromatic rings. The minimum Gasteiger partial charge on any atom is -0.303 e. The van der Waals surface area contributed by atoms with Crippen molar-refractivity contribution in [2.75, 3.05) is 0 Å². The molecule has 1 aliphatic heterocycles. The molecule has 7 heteroatoms. The Morgan fingerprint density at radius 1 is 1.00 bits per heavy atom. The predicted molar refractivity (Wildman–Crippen MR) is 54.0 cm³/mol. The zero-order chi connectivity index (χ0) is 11.7. The summed E-state index contributed by atoms with van der Waals surface area (Å²) in [6, 6.07) is -0.543. The molecule has 1 aliphatic rings. The summed E-state index contributed by atoms with van der Waals surface area (Å²) in [5.41, 5.74) is 0.134. The van der Waals surface area contributed by atoms with Gasteiger partial charge in [-0.25, -0.2) is 19.7 Å². The van der Waals surface area contributed by atoms with Crippen LogP contribution in [-0.4, -0.2) is 26.9 Å². The Balaban J connectivity index is 2.36. The zero-order valence-corrected chi connectivity index (χ0v) is 8.74. The van der Waals surface area contributed by atoms with Crippen molar-refractivity contribution in [1.82, 2.24) is 25.6 Å². The summed E-state index contributed by atoms with van der Waals surface area (Å²) in [7, 11) is 0. The second kappa shape index (κ2) is 3.69. The van der Waals surface area contributed by atoms with Crippen LogP contribution in [0.2, 0.25) is 0 Å². The molecule has 1 fully saturated rings. The fraction of sp³-hybridized carbons (Fsp3) is 0.222. The molecule has 1 aromatic heterocycles. The van der Waals surface area contributed by atoms with Crippen molar-refractivity contribution in [3.8, 4) is 0 Å². The van der Waals surface area contributed by atoms with E-state index in [1.165, 1.54) is 6.08 Å². The van der Waals surface area contributed by atoms with E-state index in [9.17, 15) is 9.59 Å². The number of hydrogen-bond donors (Lipinski definition) is 2. The van der Waals surface area contributed by atoms with Gasteiger partial charge in [0.2, 0.25) is 0 Å². The summed E-state index contributed by atoms with van der Waals surface area (Å²) in [4.78, 5) is 34.1. The third-order valence-corrected chi connectivity index (χ3v) is 1.87. The molecule has 0 unspecified atom stereocenters. The lowest BCUT2D eigenvalue weighted by Gasteiger charge is -1.98. The molecule has 0 saturated carbocycles. The standard InChI is InChI=1S/C9H9N5O2/c1-4-10-5(2)12-7(11-4)3-6-8(15)14-9(16)13-6/h3H,1-2H3,(H2,13,14,15,16)/b6-3-. The van der Waals surface area contributed by atoms with Gasteiger partial charge < -0.3 is 5.32 Å². The van der Waals surface area contributed by atoms with Gasteiger partial charge in [-0.3, -0.25) is 10.1 Å². The first-order valence-corrected chi connectivity index (χ1v) is 4.58. The maximum absolute atomic E-state index is 11.2. The number of amides is 3. The maximum Gasteiger partial charge on any atom is 0.326 e. The van der Waals surface area contributed by atoms with E-state index in [2.05, 4.69) is 25.6 Å². The van der Waals surface area contributed by atoms with Crippen LogP contribution in [0.4, 0.5) is 4.79 Å².